The molecule has 0 unspecified atom stereocenters. The number of fused-ring (bicyclic) bond motifs is 1. The van der Waals surface area contributed by atoms with Gasteiger partial charge in [-0.3, -0.25) is 4.90 Å². The molecule has 0 radical (unpaired) electrons. The number of imidazole rings is 1. The van der Waals surface area contributed by atoms with E-state index in [1.165, 1.54) is 11.1 Å². The van der Waals surface area contributed by atoms with Gasteiger partial charge in [-0.05, 0) is 11.1 Å². The Morgan fingerprint density at radius 1 is 0.871 bits per heavy atom. The lowest BCUT2D eigenvalue weighted by Crippen LogP contribution is -2.48. The number of piperazine rings is 1. The van der Waals surface area contributed by atoms with Crippen molar-refractivity contribution in [3.05, 3.63) is 97.0 Å². The maximum atomic E-state index is 4.81. The number of hydrogen-bond acceptors (Lipinski definition) is 5. The van der Waals surface area contributed by atoms with Crippen molar-refractivity contribution in [3.8, 4) is 0 Å². The summed E-state index contributed by atoms with van der Waals surface area (Å²) in [6, 6.07) is 21.8. The van der Waals surface area contributed by atoms with Gasteiger partial charge in [-0.2, -0.15) is 4.98 Å². The summed E-state index contributed by atoms with van der Waals surface area (Å²) in [4.78, 5) is 18.6. The van der Waals surface area contributed by atoms with Crippen LogP contribution in [0.2, 0.25) is 0 Å². The summed E-state index contributed by atoms with van der Waals surface area (Å²) in [6.45, 7) is 8.18. The largest absolute Gasteiger partial charge is 0.338 e. The van der Waals surface area contributed by atoms with Gasteiger partial charge in [0.1, 0.15) is 5.52 Å². The summed E-state index contributed by atoms with van der Waals surface area (Å²) < 4.78 is 2.00. The third kappa shape index (κ3) is 3.94. The molecule has 1 aliphatic rings. The highest BCUT2D eigenvalue weighted by molar-refractivity contribution is 5.71. The predicted octanol–water partition coefficient (Wildman–Crippen LogP) is 3.92. The van der Waals surface area contributed by atoms with Crippen molar-refractivity contribution in [2.24, 2.45) is 0 Å². The van der Waals surface area contributed by atoms with Crippen LogP contribution in [0, 0.1) is 0 Å². The number of hydrogen-bond donors (Lipinski definition) is 0. The summed E-state index contributed by atoms with van der Waals surface area (Å²) >= 11 is 0. The van der Waals surface area contributed by atoms with E-state index in [2.05, 4.69) is 87.0 Å². The summed E-state index contributed by atoms with van der Waals surface area (Å²) in [6.07, 6.45) is 5.47. The highest BCUT2D eigenvalue weighted by Gasteiger charge is 2.27. The Morgan fingerprint density at radius 2 is 1.52 bits per heavy atom. The summed E-state index contributed by atoms with van der Waals surface area (Å²) in [5.41, 5.74) is 4.33. The molecule has 0 N–H and O–H groups in total. The molecule has 0 saturated carbocycles. The molecule has 31 heavy (non-hydrogen) atoms. The first-order valence-corrected chi connectivity index (χ1v) is 10.7. The molecule has 0 atom stereocenters. The minimum Gasteiger partial charge on any atom is -0.338 e. The fourth-order valence-corrected chi connectivity index (χ4v) is 4.34. The van der Waals surface area contributed by atoms with Gasteiger partial charge in [-0.1, -0.05) is 66.7 Å². The molecule has 2 aromatic heterocycles. The van der Waals surface area contributed by atoms with E-state index in [0.29, 0.717) is 6.54 Å². The van der Waals surface area contributed by atoms with Crippen molar-refractivity contribution in [1.82, 2.24) is 24.4 Å². The van der Waals surface area contributed by atoms with Gasteiger partial charge >= 0.3 is 0 Å². The SMILES string of the molecule is C=CCn1cnc2cnc(N3CCN(C(c4ccccc4)c4ccccc4)CC3)nc21. The van der Waals surface area contributed by atoms with Crippen molar-refractivity contribution >= 4 is 17.1 Å². The maximum Gasteiger partial charge on any atom is 0.227 e. The molecule has 1 aliphatic heterocycles. The molecule has 0 aliphatic carbocycles. The molecule has 0 amide bonds. The summed E-state index contributed by atoms with van der Waals surface area (Å²) in [5.74, 6) is 0.772. The third-order valence-corrected chi connectivity index (χ3v) is 5.86. The summed E-state index contributed by atoms with van der Waals surface area (Å²) in [5, 5.41) is 0. The van der Waals surface area contributed by atoms with Gasteiger partial charge in [0.15, 0.2) is 5.65 Å². The fraction of sp³-hybridized carbons (Fsp3) is 0.240. The van der Waals surface area contributed by atoms with Crippen molar-refractivity contribution in [1.29, 1.82) is 0 Å². The Morgan fingerprint density at radius 3 is 2.13 bits per heavy atom. The number of anilines is 1. The Hall–Kier alpha value is -3.51. The van der Waals surface area contributed by atoms with Crippen LogP contribution >= 0.6 is 0 Å². The monoisotopic (exact) mass is 410 g/mol. The number of rotatable bonds is 6. The molecule has 5 rings (SSSR count). The molecule has 3 heterocycles. The van der Waals surface area contributed by atoms with E-state index in [4.69, 9.17) is 4.98 Å². The van der Waals surface area contributed by atoms with Crippen LogP contribution in [0.15, 0.2) is 85.8 Å². The zero-order chi connectivity index (χ0) is 21.0. The second kappa shape index (κ2) is 8.70. The summed E-state index contributed by atoms with van der Waals surface area (Å²) in [7, 11) is 0. The Balaban J connectivity index is 1.37. The van der Waals surface area contributed by atoms with Crippen LogP contribution in [0.25, 0.3) is 11.2 Å². The lowest BCUT2D eigenvalue weighted by atomic mass is 9.96. The first kappa shape index (κ1) is 19.5. The van der Waals surface area contributed by atoms with E-state index in [0.717, 1.165) is 43.3 Å². The van der Waals surface area contributed by atoms with Gasteiger partial charge in [-0.25, -0.2) is 9.97 Å². The Kier molecular flexibility index (Phi) is 5.46. The van der Waals surface area contributed by atoms with Crippen LogP contribution in [-0.2, 0) is 6.54 Å². The van der Waals surface area contributed by atoms with E-state index in [1.807, 2.05) is 16.8 Å². The maximum absolute atomic E-state index is 4.81. The molecule has 4 aromatic rings. The van der Waals surface area contributed by atoms with Crippen molar-refractivity contribution in [2.45, 2.75) is 12.6 Å². The van der Waals surface area contributed by atoms with Gasteiger partial charge in [0, 0.05) is 32.7 Å². The second-order valence-electron chi connectivity index (χ2n) is 7.81. The van der Waals surface area contributed by atoms with Crippen LogP contribution in [0.4, 0.5) is 5.95 Å². The predicted molar refractivity (Wildman–Crippen MR) is 124 cm³/mol. The van der Waals surface area contributed by atoms with Crippen molar-refractivity contribution in [2.75, 3.05) is 31.1 Å². The fourth-order valence-electron chi connectivity index (χ4n) is 4.34. The topological polar surface area (TPSA) is 50.1 Å². The van der Waals surface area contributed by atoms with Gasteiger partial charge in [-0.15, -0.1) is 6.58 Å². The van der Waals surface area contributed by atoms with E-state index in [1.54, 1.807) is 6.33 Å². The highest BCUT2D eigenvalue weighted by Crippen LogP contribution is 2.30. The Bertz CT molecular complexity index is 1110. The van der Waals surface area contributed by atoms with E-state index >= 15 is 0 Å². The Labute approximate surface area is 182 Å². The van der Waals surface area contributed by atoms with E-state index < -0.39 is 0 Å². The van der Waals surface area contributed by atoms with Gasteiger partial charge in [0.25, 0.3) is 0 Å². The van der Waals surface area contributed by atoms with Crippen molar-refractivity contribution in [3.63, 3.8) is 0 Å². The normalized spacial score (nSPS) is 14.9. The number of aromatic nitrogens is 4. The molecular formula is C25H26N6. The molecule has 2 aromatic carbocycles. The van der Waals surface area contributed by atoms with Crippen LogP contribution in [0.1, 0.15) is 17.2 Å². The van der Waals surface area contributed by atoms with Gasteiger partial charge in [0.2, 0.25) is 5.95 Å². The second-order valence-corrected chi connectivity index (χ2v) is 7.81. The molecule has 1 saturated heterocycles. The number of allylic oxidation sites excluding steroid dienone is 1. The smallest absolute Gasteiger partial charge is 0.227 e. The number of nitrogens with zero attached hydrogens (tertiary/aromatic N) is 6. The van der Waals surface area contributed by atoms with Crippen LogP contribution in [0.3, 0.4) is 0 Å². The standard InChI is InChI=1S/C25H26N6/c1-2-13-31-19-27-22-18-26-25(28-24(22)31)30-16-14-29(15-17-30)23(20-9-5-3-6-10-20)21-11-7-4-8-12-21/h2-12,18-19,23H,1,13-17H2. The molecule has 6 heteroatoms. The quantitative estimate of drug-likeness (QED) is 0.451. The zero-order valence-electron chi connectivity index (χ0n) is 17.5. The number of benzene rings is 2. The molecule has 0 spiro atoms. The van der Waals surface area contributed by atoms with Crippen molar-refractivity contribution < 1.29 is 0 Å². The lowest BCUT2D eigenvalue weighted by Gasteiger charge is -2.39. The highest BCUT2D eigenvalue weighted by atomic mass is 15.3. The van der Waals surface area contributed by atoms with Crippen LogP contribution in [0.5, 0.6) is 0 Å². The van der Waals surface area contributed by atoms with Gasteiger partial charge in [0.05, 0.1) is 18.6 Å². The molecule has 156 valence electrons. The average molecular weight is 411 g/mol. The average Bonchev–Trinajstić information content (AvgIpc) is 3.23. The van der Waals surface area contributed by atoms with Crippen LogP contribution < -0.4 is 4.90 Å². The zero-order valence-corrected chi connectivity index (χ0v) is 17.5. The van der Waals surface area contributed by atoms with Crippen LogP contribution in [-0.4, -0.2) is 50.6 Å². The molecular weight excluding hydrogens is 384 g/mol. The van der Waals surface area contributed by atoms with E-state index in [-0.39, 0.29) is 6.04 Å². The minimum atomic E-state index is 0.252. The molecule has 0 bridgehead atoms. The lowest BCUT2D eigenvalue weighted by molar-refractivity contribution is 0.211. The van der Waals surface area contributed by atoms with E-state index in [9.17, 15) is 0 Å². The first-order chi connectivity index (χ1) is 15.3. The first-order valence-electron chi connectivity index (χ1n) is 10.7. The minimum absolute atomic E-state index is 0.252. The van der Waals surface area contributed by atoms with Gasteiger partial charge < -0.3 is 9.47 Å². The molecule has 6 nitrogen and oxygen atoms in total. The third-order valence-electron chi connectivity index (χ3n) is 5.86. The molecule has 1 fully saturated rings.